The highest BCUT2D eigenvalue weighted by molar-refractivity contribution is 5.54. The number of oxime groups is 1. The summed E-state index contributed by atoms with van der Waals surface area (Å²) in [5.41, 5.74) is -0.762. The largest absolute Gasteiger partial charge is 0.410 e. The van der Waals surface area contributed by atoms with Crippen LogP contribution in [0.1, 0.15) is 24.3 Å². The molecule has 2 rings (SSSR count). The molecule has 110 valence electrons. The van der Waals surface area contributed by atoms with Crippen molar-refractivity contribution in [2.45, 2.75) is 18.8 Å². The lowest BCUT2D eigenvalue weighted by Crippen LogP contribution is -2.32. The van der Waals surface area contributed by atoms with Gasteiger partial charge in [0.1, 0.15) is 6.34 Å². The van der Waals surface area contributed by atoms with Crippen LogP contribution in [0.2, 0.25) is 0 Å². The van der Waals surface area contributed by atoms with Gasteiger partial charge in [0.05, 0.1) is 0 Å². The Bertz CT molecular complexity index is 512. The first-order chi connectivity index (χ1) is 9.47. The number of halogens is 5. The summed E-state index contributed by atoms with van der Waals surface area (Å²) in [4.78, 5) is 1.59. The minimum absolute atomic E-state index is 0.199. The fourth-order valence-electron chi connectivity index (χ4n) is 2.36. The number of benzene rings is 1. The van der Waals surface area contributed by atoms with E-state index < -0.39 is 40.6 Å². The zero-order valence-electron chi connectivity index (χ0n) is 10.2. The van der Waals surface area contributed by atoms with E-state index in [9.17, 15) is 22.0 Å². The highest BCUT2D eigenvalue weighted by Crippen LogP contribution is 2.34. The van der Waals surface area contributed by atoms with Gasteiger partial charge in [0.25, 0.3) is 0 Å². The van der Waals surface area contributed by atoms with Gasteiger partial charge in [0.2, 0.25) is 5.82 Å². The van der Waals surface area contributed by atoms with Gasteiger partial charge in [0.15, 0.2) is 23.3 Å². The predicted octanol–water partition coefficient (Wildman–Crippen LogP) is 2.98. The van der Waals surface area contributed by atoms with Crippen molar-refractivity contribution in [3.63, 3.8) is 0 Å². The number of likely N-dealkylation sites (tertiary alicyclic amines) is 1. The molecule has 0 aliphatic carbocycles. The normalized spacial score (nSPS) is 17.1. The molecule has 0 radical (unpaired) electrons. The molecule has 1 aromatic rings. The second kappa shape index (κ2) is 5.64. The van der Waals surface area contributed by atoms with E-state index >= 15 is 0 Å². The second-order valence-corrected chi connectivity index (χ2v) is 4.52. The fourth-order valence-corrected chi connectivity index (χ4v) is 2.36. The average molecular weight is 294 g/mol. The highest BCUT2D eigenvalue weighted by atomic mass is 19.2. The quantitative estimate of drug-likeness (QED) is 0.173. The molecule has 1 aliphatic rings. The lowest BCUT2D eigenvalue weighted by Gasteiger charge is -2.30. The van der Waals surface area contributed by atoms with Crippen molar-refractivity contribution in [3.05, 3.63) is 34.6 Å². The van der Waals surface area contributed by atoms with Gasteiger partial charge in [0, 0.05) is 18.7 Å². The molecule has 0 unspecified atom stereocenters. The predicted molar refractivity (Wildman–Crippen MR) is 60.1 cm³/mol. The van der Waals surface area contributed by atoms with Gasteiger partial charge >= 0.3 is 0 Å². The van der Waals surface area contributed by atoms with E-state index in [1.54, 1.807) is 4.90 Å². The van der Waals surface area contributed by atoms with E-state index in [2.05, 4.69) is 5.16 Å². The third-order valence-corrected chi connectivity index (χ3v) is 3.40. The topological polar surface area (TPSA) is 35.8 Å². The van der Waals surface area contributed by atoms with Crippen LogP contribution in [0, 0.1) is 29.1 Å². The first-order valence-corrected chi connectivity index (χ1v) is 5.90. The van der Waals surface area contributed by atoms with E-state index in [1.807, 2.05) is 0 Å². The zero-order valence-corrected chi connectivity index (χ0v) is 10.2. The highest BCUT2D eigenvalue weighted by Gasteiger charge is 2.31. The van der Waals surface area contributed by atoms with Crippen molar-refractivity contribution in [2.24, 2.45) is 5.16 Å². The molecule has 1 aliphatic heterocycles. The molecule has 0 saturated carbocycles. The lowest BCUT2D eigenvalue weighted by atomic mass is 9.88. The Balaban J connectivity index is 2.31. The molecule has 0 spiro atoms. The maximum absolute atomic E-state index is 13.6. The summed E-state index contributed by atoms with van der Waals surface area (Å²) in [6, 6.07) is 0. The standard InChI is InChI=1S/C12H11F5N2O/c13-8-7(9(14)11(16)12(17)10(8)15)6-1-3-19(4-2-6)5-18-20/h5-6,20H,1-4H2. The third kappa shape index (κ3) is 2.41. The molecule has 1 aromatic carbocycles. The Morgan fingerprint density at radius 3 is 1.80 bits per heavy atom. The minimum atomic E-state index is -2.14. The van der Waals surface area contributed by atoms with E-state index in [0.29, 0.717) is 13.1 Å². The zero-order chi connectivity index (χ0) is 14.9. The summed E-state index contributed by atoms with van der Waals surface area (Å²) in [7, 11) is 0. The maximum atomic E-state index is 13.6. The first-order valence-electron chi connectivity index (χ1n) is 5.90. The van der Waals surface area contributed by atoms with Crippen molar-refractivity contribution < 1.29 is 27.2 Å². The van der Waals surface area contributed by atoms with Crippen molar-refractivity contribution in [3.8, 4) is 0 Å². The van der Waals surface area contributed by atoms with Gasteiger partial charge in [-0.2, -0.15) is 0 Å². The molecule has 1 fully saturated rings. The summed E-state index contributed by atoms with van der Waals surface area (Å²) in [6.45, 7) is 0.600. The number of piperidine rings is 1. The van der Waals surface area contributed by atoms with Crippen LogP contribution in [-0.2, 0) is 0 Å². The Morgan fingerprint density at radius 1 is 0.900 bits per heavy atom. The molecule has 20 heavy (non-hydrogen) atoms. The Labute approximate surface area is 111 Å². The Hall–Kier alpha value is -1.86. The van der Waals surface area contributed by atoms with E-state index in [4.69, 9.17) is 5.21 Å². The van der Waals surface area contributed by atoms with Gasteiger partial charge in [-0.1, -0.05) is 5.16 Å². The molecular formula is C12H11F5N2O. The molecule has 1 heterocycles. The molecule has 1 N–H and O–H groups in total. The van der Waals surface area contributed by atoms with Gasteiger partial charge in [-0.3, -0.25) is 0 Å². The van der Waals surface area contributed by atoms with E-state index in [1.165, 1.54) is 0 Å². The van der Waals surface area contributed by atoms with Gasteiger partial charge in [-0.25, -0.2) is 22.0 Å². The van der Waals surface area contributed by atoms with Gasteiger partial charge in [-0.15, -0.1) is 0 Å². The van der Waals surface area contributed by atoms with E-state index in [0.717, 1.165) is 6.34 Å². The number of hydrogen-bond acceptors (Lipinski definition) is 2. The number of rotatable bonds is 2. The summed E-state index contributed by atoms with van der Waals surface area (Å²) >= 11 is 0. The van der Waals surface area contributed by atoms with Crippen LogP contribution in [0.25, 0.3) is 0 Å². The van der Waals surface area contributed by atoms with Crippen LogP contribution in [0.3, 0.4) is 0 Å². The lowest BCUT2D eigenvalue weighted by molar-refractivity contribution is 0.275. The van der Waals surface area contributed by atoms with Crippen LogP contribution >= 0.6 is 0 Å². The van der Waals surface area contributed by atoms with Crippen LogP contribution in [0.15, 0.2) is 5.16 Å². The smallest absolute Gasteiger partial charge is 0.200 e. The van der Waals surface area contributed by atoms with Crippen molar-refractivity contribution in [1.29, 1.82) is 0 Å². The summed E-state index contributed by atoms with van der Waals surface area (Å²) < 4.78 is 66.5. The van der Waals surface area contributed by atoms with Crippen LogP contribution in [0.5, 0.6) is 0 Å². The third-order valence-electron chi connectivity index (χ3n) is 3.40. The van der Waals surface area contributed by atoms with Crippen LogP contribution in [-0.4, -0.2) is 29.5 Å². The average Bonchev–Trinajstić information content (AvgIpc) is 2.45. The Kier molecular flexibility index (Phi) is 4.10. The Morgan fingerprint density at radius 2 is 1.35 bits per heavy atom. The molecular weight excluding hydrogens is 283 g/mol. The van der Waals surface area contributed by atoms with Crippen molar-refractivity contribution in [1.82, 2.24) is 4.90 Å². The molecule has 1 saturated heterocycles. The summed E-state index contributed by atoms with van der Waals surface area (Å²) in [5, 5.41) is 11.2. The van der Waals surface area contributed by atoms with Crippen molar-refractivity contribution >= 4 is 6.34 Å². The maximum Gasteiger partial charge on any atom is 0.200 e. The van der Waals surface area contributed by atoms with Crippen LogP contribution < -0.4 is 0 Å². The SMILES string of the molecule is ON=CN1CCC(c2c(F)c(F)c(F)c(F)c2F)CC1. The second-order valence-electron chi connectivity index (χ2n) is 4.52. The van der Waals surface area contributed by atoms with Crippen molar-refractivity contribution in [2.75, 3.05) is 13.1 Å². The van der Waals surface area contributed by atoms with E-state index in [-0.39, 0.29) is 12.8 Å². The minimum Gasteiger partial charge on any atom is -0.410 e. The molecule has 3 nitrogen and oxygen atoms in total. The molecule has 0 aromatic heterocycles. The molecule has 8 heteroatoms. The fraction of sp³-hybridized carbons (Fsp3) is 0.417. The van der Waals surface area contributed by atoms with Gasteiger partial charge in [-0.05, 0) is 18.8 Å². The number of hydrogen-bond donors (Lipinski definition) is 1. The first kappa shape index (κ1) is 14.5. The summed E-state index contributed by atoms with van der Waals surface area (Å²) in [6.07, 6.45) is 1.55. The molecule has 0 bridgehead atoms. The molecule has 0 atom stereocenters. The number of nitrogens with zero attached hydrogens (tertiary/aromatic N) is 2. The summed E-state index contributed by atoms with van der Waals surface area (Å²) in [5.74, 6) is -10.3. The van der Waals surface area contributed by atoms with Gasteiger partial charge < -0.3 is 10.1 Å². The van der Waals surface area contributed by atoms with Crippen LogP contribution in [0.4, 0.5) is 22.0 Å². The molecule has 0 amide bonds. The monoisotopic (exact) mass is 294 g/mol.